The summed E-state index contributed by atoms with van der Waals surface area (Å²) in [6.07, 6.45) is 4.90. The van der Waals surface area contributed by atoms with Crippen molar-refractivity contribution in [2.24, 2.45) is 5.92 Å². The van der Waals surface area contributed by atoms with E-state index in [0.717, 1.165) is 13.1 Å². The normalized spacial score (nSPS) is 20.8. The number of aliphatic hydroxyl groups is 1. The van der Waals surface area contributed by atoms with E-state index >= 15 is 0 Å². The van der Waals surface area contributed by atoms with E-state index in [1.165, 1.54) is 50.0 Å². The summed E-state index contributed by atoms with van der Waals surface area (Å²) >= 11 is 0. The molecule has 1 unspecified atom stereocenters. The Hall–Kier alpha value is -1.06. The Kier molecular flexibility index (Phi) is 4.04. The molecule has 1 aliphatic heterocycles. The van der Waals surface area contributed by atoms with Crippen LogP contribution >= 0.6 is 0 Å². The van der Waals surface area contributed by atoms with Gasteiger partial charge in [0.15, 0.2) is 0 Å². The highest BCUT2D eigenvalue weighted by molar-refractivity contribution is 5.48. The fourth-order valence-electron chi connectivity index (χ4n) is 2.81. The molecular formula is C16H24N2O. The summed E-state index contributed by atoms with van der Waals surface area (Å²) in [5, 5.41) is 13.1. The Labute approximate surface area is 115 Å². The molecule has 2 aliphatic rings. The van der Waals surface area contributed by atoms with Gasteiger partial charge in [-0.1, -0.05) is 12.1 Å². The van der Waals surface area contributed by atoms with E-state index in [9.17, 15) is 5.11 Å². The number of nitrogens with one attached hydrogen (secondary N) is 1. The molecule has 0 bridgehead atoms. The molecule has 1 aromatic carbocycles. The van der Waals surface area contributed by atoms with Crippen LogP contribution in [0.2, 0.25) is 0 Å². The van der Waals surface area contributed by atoms with Crippen LogP contribution in [-0.2, 0) is 6.54 Å². The Morgan fingerprint density at radius 2 is 1.84 bits per heavy atom. The third-order valence-corrected chi connectivity index (χ3v) is 4.26. The van der Waals surface area contributed by atoms with E-state index in [2.05, 4.69) is 34.5 Å². The second-order valence-electron chi connectivity index (χ2n) is 5.90. The summed E-state index contributed by atoms with van der Waals surface area (Å²) in [4.78, 5) is 2.45. The minimum atomic E-state index is -0.149. The molecule has 1 saturated carbocycles. The molecule has 2 N–H and O–H groups in total. The predicted octanol–water partition coefficient (Wildman–Crippen LogP) is 2.15. The van der Waals surface area contributed by atoms with Crippen molar-refractivity contribution in [1.29, 1.82) is 0 Å². The average Bonchev–Trinajstić information content (AvgIpc) is 3.15. The Bertz CT molecular complexity index is 394. The molecule has 3 nitrogen and oxygen atoms in total. The standard InChI is InChI=1S/C16H24N2O/c19-16(14-5-6-14)12-17-11-13-3-7-15(8-4-13)18-9-1-2-10-18/h3-4,7-8,14,16-17,19H,1-2,5-6,9-12H2. The quantitative estimate of drug-likeness (QED) is 0.822. The molecule has 104 valence electrons. The van der Waals surface area contributed by atoms with Crippen LogP contribution in [0.3, 0.4) is 0 Å². The van der Waals surface area contributed by atoms with Crippen LogP contribution in [0.5, 0.6) is 0 Å². The second-order valence-corrected chi connectivity index (χ2v) is 5.90. The lowest BCUT2D eigenvalue weighted by Crippen LogP contribution is -2.27. The van der Waals surface area contributed by atoms with Crippen molar-refractivity contribution in [3.63, 3.8) is 0 Å². The van der Waals surface area contributed by atoms with Crippen molar-refractivity contribution in [2.45, 2.75) is 38.3 Å². The number of anilines is 1. The van der Waals surface area contributed by atoms with Crippen LogP contribution in [0.25, 0.3) is 0 Å². The molecule has 0 amide bonds. The van der Waals surface area contributed by atoms with Gasteiger partial charge in [0.25, 0.3) is 0 Å². The molecule has 1 saturated heterocycles. The van der Waals surface area contributed by atoms with Gasteiger partial charge < -0.3 is 15.3 Å². The highest BCUT2D eigenvalue weighted by Crippen LogP contribution is 2.32. The summed E-state index contributed by atoms with van der Waals surface area (Å²) in [5.41, 5.74) is 2.64. The van der Waals surface area contributed by atoms with Gasteiger partial charge in [0, 0.05) is 31.9 Å². The van der Waals surface area contributed by atoms with E-state index in [-0.39, 0.29) is 6.10 Å². The number of benzene rings is 1. The first-order chi connectivity index (χ1) is 9.33. The monoisotopic (exact) mass is 260 g/mol. The zero-order chi connectivity index (χ0) is 13.1. The molecule has 2 fully saturated rings. The fraction of sp³-hybridized carbons (Fsp3) is 0.625. The number of aliphatic hydroxyl groups excluding tert-OH is 1. The molecule has 3 heteroatoms. The summed E-state index contributed by atoms with van der Waals surface area (Å²) in [6, 6.07) is 8.84. The number of rotatable bonds is 6. The van der Waals surface area contributed by atoms with Crippen LogP contribution < -0.4 is 10.2 Å². The summed E-state index contributed by atoms with van der Waals surface area (Å²) < 4.78 is 0. The molecule has 19 heavy (non-hydrogen) atoms. The first-order valence-corrected chi connectivity index (χ1v) is 7.55. The third-order valence-electron chi connectivity index (χ3n) is 4.26. The molecule has 0 spiro atoms. The van der Waals surface area contributed by atoms with Gasteiger partial charge in [-0.25, -0.2) is 0 Å². The lowest BCUT2D eigenvalue weighted by atomic mass is 10.2. The van der Waals surface area contributed by atoms with E-state index in [1.54, 1.807) is 0 Å². The summed E-state index contributed by atoms with van der Waals surface area (Å²) in [7, 11) is 0. The minimum Gasteiger partial charge on any atom is -0.392 e. The second kappa shape index (κ2) is 5.93. The van der Waals surface area contributed by atoms with Gasteiger partial charge in [-0.3, -0.25) is 0 Å². The molecule has 1 atom stereocenters. The van der Waals surface area contributed by atoms with E-state index < -0.39 is 0 Å². The van der Waals surface area contributed by atoms with Gasteiger partial charge in [0.05, 0.1) is 6.10 Å². The Morgan fingerprint density at radius 1 is 1.16 bits per heavy atom. The van der Waals surface area contributed by atoms with Gasteiger partial charge in [0.2, 0.25) is 0 Å². The highest BCUT2D eigenvalue weighted by Gasteiger charge is 2.28. The summed E-state index contributed by atoms with van der Waals surface area (Å²) in [5.74, 6) is 0.560. The van der Waals surface area contributed by atoms with Gasteiger partial charge in [-0.15, -0.1) is 0 Å². The maximum Gasteiger partial charge on any atom is 0.0692 e. The molecule has 0 radical (unpaired) electrons. The molecule has 1 aromatic rings. The molecule has 0 aromatic heterocycles. The number of nitrogens with zero attached hydrogens (tertiary/aromatic N) is 1. The molecule has 1 heterocycles. The fourth-order valence-corrected chi connectivity index (χ4v) is 2.81. The topological polar surface area (TPSA) is 35.5 Å². The van der Waals surface area contributed by atoms with Crippen LogP contribution in [0.4, 0.5) is 5.69 Å². The molecular weight excluding hydrogens is 236 g/mol. The zero-order valence-corrected chi connectivity index (χ0v) is 11.5. The van der Waals surface area contributed by atoms with Gasteiger partial charge >= 0.3 is 0 Å². The predicted molar refractivity (Wildman–Crippen MR) is 78.3 cm³/mol. The van der Waals surface area contributed by atoms with Gasteiger partial charge in [-0.05, 0) is 49.3 Å². The van der Waals surface area contributed by atoms with E-state index in [0.29, 0.717) is 5.92 Å². The Balaban J connectivity index is 1.45. The van der Waals surface area contributed by atoms with Gasteiger partial charge in [-0.2, -0.15) is 0 Å². The Morgan fingerprint density at radius 3 is 2.47 bits per heavy atom. The van der Waals surface area contributed by atoms with E-state index in [4.69, 9.17) is 0 Å². The average molecular weight is 260 g/mol. The zero-order valence-electron chi connectivity index (χ0n) is 11.5. The highest BCUT2D eigenvalue weighted by atomic mass is 16.3. The van der Waals surface area contributed by atoms with Crippen LogP contribution in [-0.4, -0.2) is 30.8 Å². The van der Waals surface area contributed by atoms with Crippen molar-refractivity contribution in [1.82, 2.24) is 5.32 Å². The number of hydrogen-bond donors (Lipinski definition) is 2. The maximum absolute atomic E-state index is 9.79. The van der Waals surface area contributed by atoms with Crippen molar-refractivity contribution in [2.75, 3.05) is 24.5 Å². The minimum absolute atomic E-state index is 0.149. The molecule has 1 aliphatic carbocycles. The smallest absolute Gasteiger partial charge is 0.0692 e. The summed E-state index contributed by atoms with van der Waals surface area (Å²) in [6.45, 7) is 3.97. The van der Waals surface area contributed by atoms with Crippen molar-refractivity contribution >= 4 is 5.69 Å². The van der Waals surface area contributed by atoms with Crippen LogP contribution in [0, 0.1) is 5.92 Å². The van der Waals surface area contributed by atoms with Crippen molar-refractivity contribution < 1.29 is 5.11 Å². The third kappa shape index (κ3) is 3.48. The SMILES string of the molecule is OC(CNCc1ccc(N2CCCC2)cc1)C1CC1. The van der Waals surface area contributed by atoms with Gasteiger partial charge in [0.1, 0.15) is 0 Å². The van der Waals surface area contributed by atoms with Crippen LogP contribution in [0.1, 0.15) is 31.2 Å². The first kappa shape index (κ1) is 12.9. The number of hydrogen-bond acceptors (Lipinski definition) is 3. The lowest BCUT2D eigenvalue weighted by Gasteiger charge is -2.18. The van der Waals surface area contributed by atoms with Crippen molar-refractivity contribution in [3.05, 3.63) is 29.8 Å². The lowest BCUT2D eigenvalue weighted by molar-refractivity contribution is 0.148. The molecule has 3 rings (SSSR count). The first-order valence-electron chi connectivity index (χ1n) is 7.55. The largest absolute Gasteiger partial charge is 0.392 e. The van der Waals surface area contributed by atoms with Crippen molar-refractivity contribution in [3.8, 4) is 0 Å². The van der Waals surface area contributed by atoms with Crippen LogP contribution in [0.15, 0.2) is 24.3 Å². The van der Waals surface area contributed by atoms with E-state index in [1.807, 2.05) is 0 Å². The maximum atomic E-state index is 9.79.